The minimum Gasteiger partial charge on any atom is -0.466 e. The fraction of sp³-hybridized carbons (Fsp3) is 0.417. The number of rotatable bonds is 5. The van der Waals surface area contributed by atoms with Crippen LogP contribution >= 0.6 is 0 Å². The third kappa shape index (κ3) is 4.26. The first-order chi connectivity index (χ1) is 8.04. The van der Waals surface area contributed by atoms with Gasteiger partial charge in [-0.25, -0.2) is 4.39 Å². The lowest BCUT2D eigenvalue weighted by molar-refractivity contribution is -0.143. The first-order valence-electron chi connectivity index (χ1n) is 5.36. The molecule has 0 aliphatic rings. The predicted molar refractivity (Wildman–Crippen MR) is 63.5 cm³/mol. The van der Waals surface area contributed by atoms with Gasteiger partial charge in [0.1, 0.15) is 5.82 Å². The second-order valence-electron chi connectivity index (χ2n) is 3.57. The van der Waals surface area contributed by atoms with Gasteiger partial charge in [-0.15, -0.1) is 0 Å². The van der Waals surface area contributed by atoms with Crippen LogP contribution in [0.25, 0.3) is 0 Å². The Morgan fingerprint density at radius 3 is 2.82 bits per heavy atom. The number of hydrogen-bond acceptors (Lipinski definition) is 3. The van der Waals surface area contributed by atoms with Gasteiger partial charge in [-0.05, 0) is 32.0 Å². The standard InChI is InChI=1S/C12H15FO3S/c1-3-16-12(14)7-9(2)17(15)11-6-4-5-10(13)8-11/h4-6,8-9H,3,7H2,1-2H3. The van der Waals surface area contributed by atoms with Crippen LogP contribution in [0.2, 0.25) is 0 Å². The van der Waals surface area contributed by atoms with E-state index < -0.39 is 21.9 Å². The van der Waals surface area contributed by atoms with Gasteiger partial charge < -0.3 is 4.74 Å². The molecule has 0 aromatic heterocycles. The van der Waals surface area contributed by atoms with E-state index in [1.54, 1.807) is 19.9 Å². The fourth-order valence-corrected chi connectivity index (χ4v) is 2.55. The molecule has 2 atom stereocenters. The Morgan fingerprint density at radius 2 is 2.24 bits per heavy atom. The average molecular weight is 258 g/mol. The number of carbonyl (C=O) groups excluding carboxylic acids is 1. The van der Waals surface area contributed by atoms with E-state index in [1.165, 1.54) is 18.2 Å². The second-order valence-corrected chi connectivity index (χ2v) is 5.45. The molecule has 17 heavy (non-hydrogen) atoms. The van der Waals surface area contributed by atoms with Crippen LogP contribution in [0.4, 0.5) is 4.39 Å². The number of hydrogen-bond donors (Lipinski definition) is 0. The highest BCUT2D eigenvalue weighted by molar-refractivity contribution is 7.85. The van der Waals surface area contributed by atoms with Crippen molar-refractivity contribution in [3.05, 3.63) is 30.1 Å². The molecule has 0 amide bonds. The van der Waals surface area contributed by atoms with Crippen LogP contribution in [-0.2, 0) is 20.3 Å². The van der Waals surface area contributed by atoms with Crippen LogP contribution in [0.3, 0.4) is 0 Å². The SMILES string of the molecule is CCOC(=O)CC(C)S(=O)c1cccc(F)c1. The number of halogens is 1. The molecule has 3 nitrogen and oxygen atoms in total. The molecule has 0 heterocycles. The average Bonchev–Trinajstić information content (AvgIpc) is 2.28. The van der Waals surface area contributed by atoms with Crippen molar-refractivity contribution in [1.82, 2.24) is 0 Å². The molecule has 0 fully saturated rings. The molecular formula is C12H15FO3S. The van der Waals surface area contributed by atoms with Gasteiger partial charge in [0.2, 0.25) is 0 Å². The maximum atomic E-state index is 12.9. The highest BCUT2D eigenvalue weighted by Gasteiger charge is 2.18. The molecule has 0 aliphatic heterocycles. The summed E-state index contributed by atoms with van der Waals surface area (Å²) in [6.07, 6.45) is 0.0664. The molecule has 94 valence electrons. The van der Waals surface area contributed by atoms with Gasteiger partial charge in [-0.1, -0.05) is 6.07 Å². The second kappa shape index (κ2) is 6.49. The van der Waals surface area contributed by atoms with Gasteiger partial charge in [0.25, 0.3) is 0 Å². The summed E-state index contributed by atoms with van der Waals surface area (Å²) in [6.45, 7) is 3.70. The predicted octanol–water partition coefficient (Wildman–Crippen LogP) is 2.28. The zero-order valence-corrected chi connectivity index (χ0v) is 10.6. The van der Waals surface area contributed by atoms with Crippen molar-refractivity contribution < 1.29 is 18.1 Å². The van der Waals surface area contributed by atoms with E-state index in [9.17, 15) is 13.4 Å². The Morgan fingerprint density at radius 1 is 1.53 bits per heavy atom. The van der Waals surface area contributed by atoms with Crippen LogP contribution in [0, 0.1) is 5.82 Å². The van der Waals surface area contributed by atoms with Gasteiger partial charge in [-0.2, -0.15) is 0 Å². The van der Waals surface area contributed by atoms with E-state index in [0.717, 1.165) is 0 Å². The first-order valence-corrected chi connectivity index (χ1v) is 6.57. The quantitative estimate of drug-likeness (QED) is 0.761. The minimum absolute atomic E-state index is 0.0664. The van der Waals surface area contributed by atoms with E-state index in [-0.39, 0.29) is 12.4 Å². The van der Waals surface area contributed by atoms with Crippen molar-refractivity contribution in [2.75, 3.05) is 6.61 Å². The van der Waals surface area contributed by atoms with Gasteiger partial charge >= 0.3 is 5.97 Å². The van der Waals surface area contributed by atoms with Crippen LogP contribution < -0.4 is 0 Å². The molecule has 1 aromatic carbocycles. The number of ether oxygens (including phenoxy) is 1. The molecule has 0 radical (unpaired) electrons. The third-order valence-corrected chi connectivity index (χ3v) is 3.77. The number of carbonyl (C=O) groups is 1. The Labute approximate surface area is 102 Å². The van der Waals surface area contributed by atoms with E-state index in [2.05, 4.69) is 0 Å². The fourth-order valence-electron chi connectivity index (χ4n) is 1.35. The monoisotopic (exact) mass is 258 g/mol. The lowest BCUT2D eigenvalue weighted by atomic mass is 10.3. The molecular weight excluding hydrogens is 243 g/mol. The highest BCUT2D eigenvalue weighted by atomic mass is 32.2. The lowest BCUT2D eigenvalue weighted by Gasteiger charge is -2.10. The number of benzene rings is 1. The van der Waals surface area contributed by atoms with Gasteiger partial charge in [0.05, 0.1) is 23.8 Å². The van der Waals surface area contributed by atoms with E-state index in [0.29, 0.717) is 11.5 Å². The Kier molecular flexibility index (Phi) is 5.28. The van der Waals surface area contributed by atoms with Gasteiger partial charge in [0, 0.05) is 10.1 Å². The van der Waals surface area contributed by atoms with Crippen molar-refractivity contribution in [2.24, 2.45) is 0 Å². The molecule has 0 saturated heterocycles. The summed E-state index contributed by atoms with van der Waals surface area (Å²) in [5.41, 5.74) is 0. The smallest absolute Gasteiger partial charge is 0.306 e. The Bertz CT molecular complexity index is 420. The van der Waals surface area contributed by atoms with Crippen molar-refractivity contribution in [2.45, 2.75) is 30.4 Å². The largest absolute Gasteiger partial charge is 0.466 e. The van der Waals surface area contributed by atoms with Crippen LogP contribution in [0.5, 0.6) is 0 Å². The van der Waals surface area contributed by atoms with E-state index >= 15 is 0 Å². The van der Waals surface area contributed by atoms with Crippen molar-refractivity contribution in [1.29, 1.82) is 0 Å². The summed E-state index contributed by atoms with van der Waals surface area (Å²) < 4.78 is 29.7. The Hall–Kier alpha value is -1.23. The van der Waals surface area contributed by atoms with Crippen LogP contribution in [-0.4, -0.2) is 22.0 Å². The molecule has 1 rings (SSSR count). The maximum absolute atomic E-state index is 12.9. The summed E-state index contributed by atoms with van der Waals surface area (Å²) in [7, 11) is -1.40. The maximum Gasteiger partial charge on any atom is 0.306 e. The molecule has 0 aliphatic carbocycles. The molecule has 0 saturated carbocycles. The topological polar surface area (TPSA) is 43.4 Å². The van der Waals surface area contributed by atoms with Crippen molar-refractivity contribution in [3.8, 4) is 0 Å². The molecule has 0 bridgehead atoms. The summed E-state index contributed by atoms with van der Waals surface area (Å²) in [6, 6.07) is 5.59. The number of esters is 1. The normalized spacial score (nSPS) is 14.1. The molecule has 0 N–H and O–H groups in total. The summed E-state index contributed by atoms with van der Waals surface area (Å²) in [4.78, 5) is 11.6. The summed E-state index contributed by atoms with van der Waals surface area (Å²) in [5.74, 6) is -0.816. The van der Waals surface area contributed by atoms with Crippen molar-refractivity contribution in [3.63, 3.8) is 0 Å². The first kappa shape index (κ1) is 13.8. The molecule has 1 aromatic rings. The molecule has 5 heteroatoms. The van der Waals surface area contributed by atoms with Crippen LogP contribution in [0.1, 0.15) is 20.3 Å². The Balaban J connectivity index is 2.67. The summed E-state index contributed by atoms with van der Waals surface area (Å²) in [5, 5.41) is -0.393. The van der Waals surface area contributed by atoms with E-state index in [1.807, 2.05) is 0 Å². The van der Waals surface area contributed by atoms with Gasteiger partial charge in [-0.3, -0.25) is 9.00 Å². The third-order valence-electron chi connectivity index (χ3n) is 2.15. The lowest BCUT2D eigenvalue weighted by Crippen LogP contribution is -2.18. The minimum atomic E-state index is -1.40. The van der Waals surface area contributed by atoms with Crippen molar-refractivity contribution >= 4 is 16.8 Å². The summed E-state index contributed by atoms with van der Waals surface area (Å²) >= 11 is 0. The highest BCUT2D eigenvalue weighted by Crippen LogP contribution is 2.15. The molecule has 2 unspecified atom stereocenters. The zero-order chi connectivity index (χ0) is 12.8. The van der Waals surface area contributed by atoms with E-state index in [4.69, 9.17) is 4.74 Å². The molecule has 0 spiro atoms. The zero-order valence-electron chi connectivity index (χ0n) is 9.81. The van der Waals surface area contributed by atoms with Gasteiger partial charge in [0.15, 0.2) is 0 Å². The van der Waals surface area contributed by atoms with Crippen LogP contribution in [0.15, 0.2) is 29.2 Å².